The molecule has 0 aromatic heterocycles. The van der Waals surface area contributed by atoms with Gasteiger partial charge in [0.05, 0.1) is 0 Å². The molecule has 0 aromatic carbocycles. The summed E-state index contributed by atoms with van der Waals surface area (Å²) in [7, 11) is 0. The molecule has 0 saturated heterocycles. The van der Waals surface area contributed by atoms with E-state index in [0.717, 1.165) is 12.3 Å². The van der Waals surface area contributed by atoms with Gasteiger partial charge in [0.15, 0.2) is 0 Å². The van der Waals surface area contributed by atoms with E-state index in [1.807, 2.05) is 0 Å². The van der Waals surface area contributed by atoms with Gasteiger partial charge in [-0.2, -0.15) is 0 Å². The van der Waals surface area contributed by atoms with Gasteiger partial charge in [-0.05, 0) is 42.9 Å². The van der Waals surface area contributed by atoms with Crippen molar-refractivity contribution >= 4 is 0 Å². The minimum Gasteiger partial charge on any atom is -0.247 e. The van der Waals surface area contributed by atoms with Crippen LogP contribution in [0.4, 0.5) is 4.39 Å². The van der Waals surface area contributed by atoms with Crippen molar-refractivity contribution in [2.45, 2.75) is 66.0 Å². The van der Waals surface area contributed by atoms with Crippen LogP contribution in [0.15, 0.2) is 0 Å². The molecular weight excluding hydrogens is 187 g/mol. The lowest BCUT2D eigenvalue weighted by molar-refractivity contribution is 0.118. The van der Waals surface area contributed by atoms with Gasteiger partial charge in [0.1, 0.15) is 6.17 Å². The molecule has 1 heteroatoms. The molecule has 2 atom stereocenters. The quantitative estimate of drug-likeness (QED) is 0.628. The van der Waals surface area contributed by atoms with Crippen molar-refractivity contribution in [2.75, 3.05) is 0 Å². The second kappa shape index (κ2) is 5.86. The molecule has 1 fully saturated rings. The Balaban J connectivity index is 2.35. The van der Waals surface area contributed by atoms with E-state index in [4.69, 9.17) is 0 Å². The van der Waals surface area contributed by atoms with E-state index in [1.54, 1.807) is 0 Å². The van der Waals surface area contributed by atoms with E-state index in [1.165, 1.54) is 25.7 Å². The fourth-order valence-corrected chi connectivity index (χ4v) is 2.77. The SMILES string of the molecule is CC(C)CC(F)C(C)C1CCC(C)CC1. The Hall–Kier alpha value is -0.0700. The van der Waals surface area contributed by atoms with Crippen LogP contribution in [-0.4, -0.2) is 6.17 Å². The zero-order chi connectivity index (χ0) is 11.4. The molecular formula is C14H27F. The Labute approximate surface area is 94.6 Å². The van der Waals surface area contributed by atoms with Crippen LogP contribution < -0.4 is 0 Å². The molecule has 0 heterocycles. The minimum atomic E-state index is -0.580. The zero-order valence-corrected chi connectivity index (χ0v) is 10.8. The van der Waals surface area contributed by atoms with Crippen LogP contribution in [0.3, 0.4) is 0 Å². The molecule has 0 aromatic rings. The van der Waals surface area contributed by atoms with Crippen LogP contribution in [0, 0.1) is 23.7 Å². The summed E-state index contributed by atoms with van der Waals surface area (Å²) in [6, 6.07) is 0. The Kier molecular flexibility index (Phi) is 5.08. The van der Waals surface area contributed by atoms with E-state index < -0.39 is 6.17 Å². The van der Waals surface area contributed by atoms with Gasteiger partial charge < -0.3 is 0 Å². The first-order valence-corrected chi connectivity index (χ1v) is 6.64. The summed E-state index contributed by atoms with van der Waals surface area (Å²) in [6.07, 6.45) is 5.28. The number of alkyl halides is 1. The summed E-state index contributed by atoms with van der Waals surface area (Å²) < 4.78 is 13.9. The van der Waals surface area contributed by atoms with Crippen LogP contribution in [-0.2, 0) is 0 Å². The second-order valence-electron chi connectivity index (χ2n) is 6.02. The summed E-state index contributed by atoms with van der Waals surface area (Å²) in [4.78, 5) is 0. The van der Waals surface area contributed by atoms with Crippen LogP contribution in [0.5, 0.6) is 0 Å². The fraction of sp³-hybridized carbons (Fsp3) is 1.00. The lowest BCUT2D eigenvalue weighted by atomic mass is 9.74. The average molecular weight is 214 g/mol. The molecule has 1 aliphatic rings. The molecule has 0 N–H and O–H groups in total. The van der Waals surface area contributed by atoms with Crippen LogP contribution in [0.25, 0.3) is 0 Å². The topological polar surface area (TPSA) is 0 Å². The van der Waals surface area contributed by atoms with Crippen LogP contribution in [0.1, 0.15) is 59.8 Å². The summed E-state index contributed by atoms with van der Waals surface area (Å²) in [5, 5.41) is 0. The third kappa shape index (κ3) is 4.12. The zero-order valence-electron chi connectivity index (χ0n) is 10.8. The van der Waals surface area contributed by atoms with E-state index in [2.05, 4.69) is 27.7 Å². The predicted molar refractivity (Wildman–Crippen MR) is 64.6 cm³/mol. The van der Waals surface area contributed by atoms with Gasteiger partial charge in [0, 0.05) is 0 Å². The van der Waals surface area contributed by atoms with Gasteiger partial charge in [0.25, 0.3) is 0 Å². The Bertz CT molecular complexity index is 168. The molecule has 1 saturated carbocycles. The average Bonchev–Trinajstić information content (AvgIpc) is 2.17. The normalized spacial score (nSPS) is 31.6. The minimum absolute atomic E-state index is 0.278. The molecule has 0 bridgehead atoms. The van der Waals surface area contributed by atoms with Crippen molar-refractivity contribution in [1.29, 1.82) is 0 Å². The van der Waals surface area contributed by atoms with Gasteiger partial charge >= 0.3 is 0 Å². The van der Waals surface area contributed by atoms with Gasteiger partial charge in [-0.25, -0.2) is 4.39 Å². The van der Waals surface area contributed by atoms with Gasteiger partial charge in [-0.3, -0.25) is 0 Å². The summed E-state index contributed by atoms with van der Waals surface area (Å²) in [5.74, 6) is 2.29. The van der Waals surface area contributed by atoms with Crippen molar-refractivity contribution < 1.29 is 4.39 Å². The number of halogens is 1. The maximum absolute atomic E-state index is 13.9. The van der Waals surface area contributed by atoms with Crippen molar-refractivity contribution in [3.8, 4) is 0 Å². The highest BCUT2D eigenvalue weighted by Crippen LogP contribution is 2.36. The number of hydrogen-bond donors (Lipinski definition) is 0. The van der Waals surface area contributed by atoms with Crippen molar-refractivity contribution in [3.05, 3.63) is 0 Å². The maximum atomic E-state index is 13.9. The monoisotopic (exact) mass is 214 g/mol. The molecule has 2 unspecified atom stereocenters. The summed E-state index contributed by atoms with van der Waals surface area (Å²) in [6.45, 7) is 8.67. The van der Waals surface area contributed by atoms with E-state index >= 15 is 0 Å². The van der Waals surface area contributed by atoms with E-state index in [0.29, 0.717) is 11.8 Å². The summed E-state index contributed by atoms with van der Waals surface area (Å²) >= 11 is 0. The molecule has 0 nitrogen and oxygen atoms in total. The first-order valence-electron chi connectivity index (χ1n) is 6.64. The maximum Gasteiger partial charge on any atom is 0.103 e. The Morgan fingerprint density at radius 2 is 1.60 bits per heavy atom. The molecule has 1 aliphatic carbocycles. The standard InChI is InChI=1S/C14H27F/c1-10(2)9-14(15)12(4)13-7-5-11(3)6-8-13/h10-14H,5-9H2,1-4H3. The third-order valence-electron chi connectivity index (χ3n) is 4.07. The number of hydrogen-bond acceptors (Lipinski definition) is 0. The lowest BCUT2D eigenvalue weighted by Gasteiger charge is -2.32. The molecule has 90 valence electrons. The molecule has 15 heavy (non-hydrogen) atoms. The highest BCUT2D eigenvalue weighted by Gasteiger charge is 2.28. The largest absolute Gasteiger partial charge is 0.247 e. The fourth-order valence-electron chi connectivity index (χ4n) is 2.77. The van der Waals surface area contributed by atoms with Crippen molar-refractivity contribution in [1.82, 2.24) is 0 Å². The van der Waals surface area contributed by atoms with E-state index in [9.17, 15) is 4.39 Å². The summed E-state index contributed by atoms with van der Waals surface area (Å²) in [5.41, 5.74) is 0. The lowest BCUT2D eigenvalue weighted by Crippen LogP contribution is -2.26. The highest BCUT2D eigenvalue weighted by molar-refractivity contribution is 4.79. The molecule has 0 amide bonds. The molecule has 0 spiro atoms. The first-order chi connectivity index (χ1) is 7.00. The Morgan fingerprint density at radius 3 is 2.07 bits per heavy atom. The van der Waals surface area contributed by atoms with Crippen LogP contribution >= 0.6 is 0 Å². The second-order valence-corrected chi connectivity index (χ2v) is 6.02. The van der Waals surface area contributed by atoms with Crippen molar-refractivity contribution in [2.24, 2.45) is 23.7 Å². The molecule has 1 rings (SSSR count). The highest BCUT2D eigenvalue weighted by atomic mass is 19.1. The van der Waals surface area contributed by atoms with Gasteiger partial charge in [-0.15, -0.1) is 0 Å². The van der Waals surface area contributed by atoms with Gasteiger partial charge in [0.2, 0.25) is 0 Å². The molecule has 0 aliphatic heterocycles. The third-order valence-corrected chi connectivity index (χ3v) is 4.07. The Morgan fingerprint density at radius 1 is 1.07 bits per heavy atom. The van der Waals surface area contributed by atoms with Crippen molar-refractivity contribution in [3.63, 3.8) is 0 Å². The smallest absolute Gasteiger partial charge is 0.103 e. The first kappa shape index (κ1) is 13.0. The number of rotatable bonds is 4. The van der Waals surface area contributed by atoms with E-state index in [-0.39, 0.29) is 5.92 Å². The van der Waals surface area contributed by atoms with Crippen LogP contribution in [0.2, 0.25) is 0 Å². The van der Waals surface area contributed by atoms with Gasteiger partial charge in [-0.1, -0.05) is 40.5 Å². The predicted octanol–water partition coefficient (Wildman–Crippen LogP) is 4.83. The molecule has 0 radical (unpaired) electrons.